The molecule has 0 spiro atoms. The van der Waals surface area contributed by atoms with Crippen LogP contribution in [0, 0.1) is 12.8 Å². The SMILES string of the molecule is Cc1c(Cl)c(CN2CC[C@@H](C(=O)O)C2)nc2ccccc12. The number of rotatable bonds is 3. The lowest BCUT2D eigenvalue weighted by Crippen LogP contribution is -2.23. The summed E-state index contributed by atoms with van der Waals surface area (Å²) in [4.78, 5) is 17.8. The van der Waals surface area contributed by atoms with E-state index in [0.717, 1.165) is 28.7 Å². The van der Waals surface area contributed by atoms with Crippen molar-refractivity contribution in [3.05, 3.63) is 40.5 Å². The zero-order valence-corrected chi connectivity index (χ0v) is 12.6. The summed E-state index contributed by atoms with van der Waals surface area (Å²) in [6.45, 7) is 3.95. The number of fused-ring (bicyclic) bond motifs is 1. The van der Waals surface area contributed by atoms with Gasteiger partial charge in [-0.2, -0.15) is 0 Å². The largest absolute Gasteiger partial charge is 0.481 e. The molecule has 0 unspecified atom stereocenters. The Balaban J connectivity index is 1.88. The van der Waals surface area contributed by atoms with E-state index in [2.05, 4.69) is 9.88 Å². The number of nitrogens with zero attached hydrogens (tertiary/aromatic N) is 2. The number of aliphatic carboxylic acids is 1. The third kappa shape index (κ3) is 2.74. The summed E-state index contributed by atoms with van der Waals surface area (Å²) < 4.78 is 0. The molecule has 0 aliphatic carbocycles. The minimum absolute atomic E-state index is 0.273. The quantitative estimate of drug-likeness (QED) is 0.946. The van der Waals surface area contributed by atoms with Crippen molar-refractivity contribution in [2.75, 3.05) is 13.1 Å². The van der Waals surface area contributed by atoms with Crippen molar-refractivity contribution < 1.29 is 9.90 Å². The number of pyridine rings is 1. The van der Waals surface area contributed by atoms with Crippen molar-refractivity contribution in [3.8, 4) is 0 Å². The standard InChI is InChI=1S/C16H17ClN2O2/c1-10-12-4-2-3-5-13(12)18-14(15(10)17)9-19-7-6-11(8-19)16(20)21/h2-5,11H,6-9H2,1H3,(H,20,21)/t11-/m1/s1. The second-order valence-corrected chi connectivity index (χ2v) is 5.95. The maximum Gasteiger partial charge on any atom is 0.307 e. The molecule has 3 rings (SSSR count). The molecule has 1 aliphatic heterocycles. The van der Waals surface area contributed by atoms with Crippen molar-refractivity contribution in [3.63, 3.8) is 0 Å². The van der Waals surface area contributed by atoms with E-state index in [1.165, 1.54) is 0 Å². The molecule has 1 aromatic carbocycles. The number of likely N-dealkylation sites (tertiary alicyclic amines) is 1. The highest BCUT2D eigenvalue weighted by atomic mass is 35.5. The smallest absolute Gasteiger partial charge is 0.307 e. The van der Waals surface area contributed by atoms with Gasteiger partial charge in [0.05, 0.1) is 22.2 Å². The third-order valence-corrected chi connectivity index (χ3v) is 4.64. The molecule has 1 fully saturated rings. The first-order chi connectivity index (χ1) is 10.1. The number of para-hydroxylation sites is 1. The molecule has 0 radical (unpaired) electrons. The predicted molar refractivity (Wildman–Crippen MR) is 82.5 cm³/mol. The Bertz CT molecular complexity index is 702. The predicted octanol–water partition coefficient (Wildman–Crippen LogP) is 3.10. The summed E-state index contributed by atoms with van der Waals surface area (Å²) in [7, 11) is 0. The maximum absolute atomic E-state index is 11.0. The van der Waals surface area contributed by atoms with Crippen LogP contribution in [0.2, 0.25) is 5.02 Å². The minimum atomic E-state index is -0.716. The van der Waals surface area contributed by atoms with Gasteiger partial charge in [0.15, 0.2) is 0 Å². The first-order valence-corrected chi connectivity index (χ1v) is 7.43. The molecular weight excluding hydrogens is 288 g/mol. The normalized spacial score (nSPS) is 19.2. The second-order valence-electron chi connectivity index (χ2n) is 5.57. The Labute approximate surface area is 128 Å². The summed E-state index contributed by atoms with van der Waals surface area (Å²) >= 11 is 6.44. The van der Waals surface area contributed by atoms with Gasteiger partial charge in [0.2, 0.25) is 0 Å². The Morgan fingerprint density at radius 3 is 2.95 bits per heavy atom. The number of hydrogen-bond donors (Lipinski definition) is 1. The van der Waals surface area contributed by atoms with Crippen molar-refractivity contribution in [1.29, 1.82) is 0 Å². The number of halogens is 1. The van der Waals surface area contributed by atoms with E-state index < -0.39 is 5.97 Å². The van der Waals surface area contributed by atoms with E-state index >= 15 is 0 Å². The van der Waals surface area contributed by atoms with E-state index in [-0.39, 0.29) is 5.92 Å². The van der Waals surface area contributed by atoms with E-state index in [1.54, 1.807) is 0 Å². The van der Waals surface area contributed by atoms with E-state index in [0.29, 0.717) is 24.5 Å². The van der Waals surface area contributed by atoms with Crippen LogP contribution in [0.1, 0.15) is 17.7 Å². The fourth-order valence-corrected chi connectivity index (χ4v) is 3.12. The minimum Gasteiger partial charge on any atom is -0.481 e. The van der Waals surface area contributed by atoms with Gasteiger partial charge in [-0.25, -0.2) is 4.98 Å². The molecule has 0 amide bonds. The highest BCUT2D eigenvalue weighted by Crippen LogP contribution is 2.29. The number of carboxylic acid groups (broad SMARTS) is 1. The lowest BCUT2D eigenvalue weighted by atomic mass is 10.1. The molecule has 110 valence electrons. The van der Waals surface area contributed by atoms with Gasteiger partial charge in [-0.3, -0.25) is 9.69 Å². The average molecular weight is 305 g/mol. The molecule has 1 aliphatic rings. The molecule has 1 N–H and O–H groups in total. The van der Waals surface area contributed by atoms with Crippen LogP contribution in [0.4, 0.5) is 0 Å². The molecule has 1 aromatic heterocycles. The van der Waals surface area contributed by atoms with Gasteiger partial charge in [0.1, 0.15) is 0 Å². The van der Waals surface area contributed by atoms with Gasteiger partial charge in [0.25, 0.3) is 0 Å². The van der Waals surface area contributed by atoms with Crippen molar-refractivity contribution in [2.24, 2.45) is 5.92 Å². The first-order valence-electron chi connectivity index (χ1n) is 7.05. The maximum atomic E-state index is 11.0. The summed E-state index contributed by atoms with van der Waals surface area (Å²) in [6.07, 6.45) is 0.694. The molecule has 2 aromatic rings. The monoisotopic (exact) mass is 304 g/mol. The Morgan fingerprint density at radius 2 is 2.24 bits per heavy atom. The Hall–Kier alpha value is -1.65. The van der Waals surface area contributed by atoms with Gasteiger partial charge in [-0.1, -0.05) is 29.8 Å². The number of carbonyl (C=O) groups is 1. The Kier molecular flexibility index (Phi) is 3.83. The highest BCUT2D eigenvalue weighted by Gasteiger charge is 2.28. The van der Waals surface area contributed by atoms with Crippen LogP contribution < -0.4 is 0 Å². The fourth-order valence-electron chi connectivity index (χ4n) is 2.91. The topological polar surface area (TPSA) is 53.4 Å². The molecule has 4 nitrogen and oxygen atoms in total. The van der Waals surface area contributed by atoms with Crippen molar-refractivity contribution in [1.82, 2.24) is 9.88 Å². The first kappa shape index (κ1) is 14.3. The summed E-state index contributed by atoms with van der Waals surface area (Å²) in [5, 5.41) is 10.8. The van der Waals surface area contributed by atoms with Crippen LogP contribution in [-0.4, -0.2) is 34.0 Å². The summed E-state index contributed by atoms with van der Waals surface area (Å²) in [6, 6.07) is 7.93. The zero-order valence-electron chi connectivity index (χ0n) is 11.8. The van der Waals surface area contributed by atoms with Gasteiger partial charge in [0, 0.05) is 18.5 Å². The lowest BCUT2D eigenvalue weighted by Gasteiger charge is -2.17. The molecule has 21 heavy (non-hydrogen) atoms. The molecule has 5 heteroatoms. The van der Waals surface area contributed by atoms with Gasteiger partial charge in [-0.15, -0.1) is 0 Å². The van der Waals surface area contributed by atoms with Crippen LogP contribution in [0.25, 0.3) is 10.9 Å². The highest BCUT2D eigenvalue weighted by molar-refractivity contribution is 6.32. The zero-order chi connectivity index (χ0) is 15.0. The Morgan fingerprint density at radius 1 is 1.48 bits per heavy atom. The lowest BCUT2D eigenvalue weighted by molar-refractivity contribution is -0.141. The summed E-state index contributed by atoms with van der Waals surface area (Å²) in [5.41, 5.74) is 2.80. The molecule has 1 atom stereocenters. The number of hydrogen-bond acceptors (Lipinski definition) is 3. The molecule has 0 bridgehead atoms. The molecular formula is C16H17ClN2O2. The van der Waals surface area contributed by atoms with Crippen LogP contribution in [0.5, 0.6) is 0 Å². The van der Waals surface area contributed by atoms with Crippen molar-refractivity contribution >= 4 is 28.5 Å². The molecule has 2 heterocycles. The van der Waals surface area contributed by atoms with Crippen LogP contribution in [0.3, 0.4) is 0 Å². The number of benzene rings is 1. The third-order valence-electron chi connectivity index (χ3n) is 4.14. The number of carboxylic acids is 1. The van der Waals surface area contributed by atoms with Gasteiger partial charge < -0.3 is 5.11 Å². The molecule has 0 saturated carbocycles. The van der Waals surface area contributed by atoms with Crippen molar-refractivity contribution in [2.45, 2.75) is 19.9 Å². The number of aryl methyl sites for hydroxylation is 1. The van der Waals surface area contributed by atoms with Gasteiger partial charge in [-0.05, 0) is 31.5 Å². The van der Waals surface area contributed by atoms with E-state index in [1.807, 2.05) is 31.2 Å². The number of aromatic nitrogens is 1. The van der Waals surface area contributed by atoms with Crippen LogP contribution in [-0.2, 0) is 11.3 Å². The average Bonchev–Trinajstić information content (AvgIpc) is 2.93. The van der Waals surface area contributed by atoms with E-state index in [4.69, 9.17) is 16.7 Å². The molecule has 1 saturated heterocycles. The van der Waals surface area contributed by atoms with Crippen LogP contribution in [0.15, 0.2) is 24.3 Å². The fraction of sp³-hybridized carbons (Fsp3) is 0.375. The van der Waals surface area contributed by atoms with Crippen LogP contribution >= 0.6 is 11.6 Å². The summed E-state index contributed by atoms with van der Waals surface area (Å²) in [5.74, 6) is -0.989. The van der Waals surface area contributed by atoms with Gasteiger partial charge >= 0.3 is 5.97 Å². The van der Waals surface area contributed by atoms with E-state index in [9.17, 15) is 4.79 Å². The second kappa shape index (κ2) is 5.62.